The standard InChI is InChI=1S/C14H21F2N3O/c1-4-19(8-13(17)20)14-11(15)5-10(6-12(14)16)7-18-9(2)3/h5-6,9,18H,4,7-8H2,1-3H3,(H2,17,20). The van der Waals surface area contributed by atoms with Gasteiger partial charge in [0.25, 0.3) is 0 Å². The van der Waals surface area contributed by atoms with E-state index in [9.17, 15) is 13.6 Å². The fraction of sp³-hybridized carbons (Fsp3) is 0.500. The van der Waals surface area contributed by atoms with Crippen molar-refractivity contribution in [3.05, 3.63) is 29.3 Å². The zero-order chi connectivity index (χ0) is 15.3. The number of hydrogen-bond donors (Lipinski definition) is 2. The number of nitrogens with two attached hydrogens (primary N) is 1. The maximum atomic E-state index is 14.1. The van der Waals surface area contributed by atoms with Crippen LogP contribution in [0.4, 0.5) is 14.5 Å². The molecule has 0 fully saturated rings. The summed E-state index contributed by atoms with van der Waals surface area (Å²) >= 11 is 0. The molecule has 0 heterocycles. The summed E-state index contributed by atoms with van der Waals surface area (Å²) in [4.78, 5) is 12.2. The van der Waals surface area contributed by atoms with Gasteiger partial charge in [-0.15, -0.1) is 0 Å². The third-order valence-corrected chi connectivity index (χ3v) is 2.84. The third kappa shape index (κ3) is 4.45. The highest BCUT2D eigenvalue weighted by Gasteiger charge is 2.18. The van der Waals surface area contributed by atoms with Crippen LogP contribution in [0.2, 0.25) is 0 Å². The molecule has 0 spiro atoms. The van der Waals surface area contributed by atoms with Crippen LogP contribution in [-0.4, -0.2) is 25.0 Å². The van der Waals surface area contributed by atoms with Crippen molar-refractivity contribution in [3.63, 3.8) is 0 Å². The summed E-state index contributed by atoms with van der Waals surface area (Å²) in [7, 11) is 0. The van der Waals surface area contributed by atoms with E-state index in [0.29, 0.717) is 18.7 Å². The van der Waals surface area contributed by atoms with Crippen LogP contribution >= 0.6 is 0 Å². The van der Waals surface area contributed by atoms with Gasteiger partial charge in [0.1, 0.15) is 17.3 Å². The molecule has 0 saturated heterocycles. The third-order valence-electron chi connectivity index (χ3n) is 2.84. The molecule has 4 nitrogen and oxygen atoms in total. The smallest absolute Gasteiger partial charge is 0.236 e. The molecule has 112 valence electrons. The van der Waals surface area contributed by atoms with E-state index in [2.05, 4.69) is 5.32 Å². The Bertz CT molecular complexity index is 454. The number of nitrogens with one attached hydrogen (secondary N) is 1. The number of hydrogen-bond acceptors (Lipinski definition) is 3. The van der Waals surface area contributed by atoms with Crippen molar-refractivity contribution in [1.29, 1.82) is 0 Å². The Balaban J connectivity index is 3.01. The Hall–Kier alpha value is -1.69. The van der Waals surface area contributed by atoms with Crippen molar-refractivity contribution < 1.29 is 13.6 Å². The lowest BCUT2D eigenvalue weighted by molar-refractivity contribution is -0.116. The van der Waals surface area contributed by atoms with Gasteiger partial charge in [0, 0.05) is 19.1 Å². The van der Waals surface area contributed by atoms with Crippen LogP contribution in [0.5, 0.6) is 0 Å². The minimum atomic E-state index is -0.686. The van der Waals surface area contributed by atoms with Crippen LogP contribution < -0.4 is 16.0 Å². The van der Waals surface area contributed by atoms with Crippen LogP contribution in [0.3, 0.4) is 0 Å². The molecule has 1 rings (SSSR count). The second-order valence-electron chi connectivity index (χ2n) is 4.92. The van der Waals surface area contributed by atoms with Crippen molar-refractivity contribution in [2.45, 2.75) is 33.4 Å². The minimum absolute atomic E-state index is 0.209. The summed E-state index contributed by atoms with van der Waals surface area (Å²) in [5.74, 6) is -2.00. The first-order chi connectivity index (χ1) is 9.35. The van der Waals surface area contributed by atoms with Gasteiger partial charge < -0.3 is 16.0 Å². The van der Waals surface area contributed by atoms with Gasteiger partial charge in [-0.05, 0) is 24.6 Å². The number of likely N-dealkylation sites (N-methyl/N-ethyl adjacent to an activating group) is 1. The van der Waals surface area contributed by atoms with Crippen molar-refractivity contribution in [2.24, 2.45) is 5.73 Å². The number of halogens is 2. The van der Waals surface area contributed by atoms with Crippen LogP contribution in [-0.2, 0) is 11.3 Å². The fourth-order valence-electron chi connectivity index (χ4n) is 1.88. The maximum absolute atomic E-state index is 14.1. The van der Waals surface area contributed by atoms with Gasteiger partial charge in [0.05, 0.1) is 6.54 Å². The molecule has 0 atom stereocenters. The van der Waals surface area contributed by atoms with Crippen LogP contribution in [0.1, 0.15) is 26.3 Å². The molecule has 0 aliphatic rings. The number of benzene rings is 1. The van der Waals surface area contributed by atoms with Gasteiger partial charge in [-0.1, -0.05) is 13.8 Å². The molecule has 0 aromatic heterocycles. The summed E-state index contributed by atoms with van der Waals surface area (Å²) in [6, 6.07) is 2.78. The molecule has 0 radical (unpaired) electrons. The molecule has 0 unspecified atom stereocenters. The second kappa shape index (κ2) is 7.19. The number of nitrogens with zero attached hydrogens (tertiary/aromatic N) is 1. The second-order valence-corrected chi connectivity index (χ2v) is 4.92. The first kappa shape index (κ1) is 16.4. The Morgan fingerprint density at radius 2 is 1.90 bits per heavy atom. The first-order valence-electron chi connectivity index (χ1n) is 6.59. The van der Waals surface area contributed by atoms with Gasteiger partial charge in [-0.25, -0.2) is 8.78 Å². The predicted octanol–water partition coefficient (Wildman–Crippen LogP) is 1.77. The van der Waals surface area contributed by atoms with Crippen LogP contribution in [0.15, 0.2) is 12.1 Å². The first-order valence-corrected chi connectivity index (χ1v) is 6.59. The topological polar surface area (TPSA) is 58.4 Å². The van der Waals surface area contributed by atoms with Gasteiger partial charge in [-0.3, -0.25) is 4.79 Å². The largest absolute Gasteiger partial charge is 0.368 e. The highest BCUT2D eigenvalue weighted by Crippen LogP contribution is 2.25. The quantitative estimate of drug-likeness (QED) is 0.803. The Labute approximate surface area is 117 Å². The summed E-state index contributed by atoms with van der Waals surface area (Å²) in [6.45, 7) is 6.07. The number of primary amides is 1. The Kier molecular flexibility index (Phi) is 5.88. The van der Waals surface area contributed by atoms with Crippen molar-refractivity contribution in [1.82, 2.24) is 5.32 Å². The maximum Gasteiger partial charge on any atom is 0.236 e. The Morgan fingerprint density at radius 3 is 2.30 bits per heavy atom. The zero-order valence-electron chi connectivity index (χ0n) is 12.0. The van der Waals surface area contributed by atoms with E-state index in [1.54, 1.807) is 6.92 Å². The summed E-state index contributed by atoms with van der Waals surface area (Å²) < 4.78 is 28.1. The monoisotopic (exact) mass is 285 g/mol. The fourth-order valence-corrected chi connectivity index (χ4v) is 1.88. The SMILES string of the molecule is CCN(CC(N)=O)c1c(F)cc(CNC(C)C)cc1F. The predicted molar refractivity (Wildman–Crippen MR) is 75.4 cm³/mol. The molecule has 3 N–H and O–H groups in total. The van der Waals surface area contributed by atoms with E-state index < -0.39 is 17.5 Å². The molecule has 6 heteroatoms. The molecule has 1 aromatic carbocycles. The summed E-state index contributed by atoms with van der Waals surface area (Å²) in [5.41, 5.74) is 5.39. The van der Waals surface area contributed by atoms with E-state index in [1.165, 1.54) is 17.0 Å². The number of carbonyl (C=O) groups is 1. The molecular formula is C14H21F2N3O. The number of anilines is 1. The molecule has 1 aromatic rings. The molecule has 0 saturated carbocycles. The number of amides is 1. The highest BCUT2D eigenvalue weighted by atomic mass is 19.1. The van der Waals surface area contributed by atoms with E-state index in [-0.39, 0.29) is 18.3 Å². The number of rotatable bonds is 7. The minimum Gasteiger partial charge on any atom is -0.368 e. The summed E-state index contributed by atoms with van der Waals surface area (Å²) in [5, 5.41) is 3.09. The van der Waals surface area contributed by atoms with Crippen LogP contribution in [0, 0.1) is 11.6 Å². The lowest BCUT2D eigenvalue weighted by Gasteiger charge is -2.23. The highest BCUT2D eigenvalue weighted by molar-refractivity contribution is 5.79. The van der Waals surface area contributed by atoms with E-state index in [1.807, 2.05) is 13.8 Å². The Morgan fingerprint density at radius 1 is 1.35 bits per heavy atom. The lowest BCUT2D eigenvalue weighted by Crippen LogP contribution is -2.34. The van der Waals surface area contributed by atoms with Gasteiger partial charge >= 0.3 is 0 Å². The van der Waals surface area contributed by atoms with E-state index in [0.717, 1.165) is 0 Å². The van der Waals surface area contributed by atoms with E-state index in [4.69, 9.17) is 5.73 Å². The molecule has 1 amide bonds. The molecule has 20 heavy (non-hydrogen) atoms. The van der Waals surface area contributed by atoms with E-state index >= 15 is 0 Å². The van der Waals surface area contributed by atoms with Gasteiger partial charge in [-0.2, -0.15) is 0 Å². The molecular weight excluding hydrogens is 264 g/mol. The molecule has 0 bridgehead atoms. The normalized spacial score (nSPS) is 10.9. The van der Waals surface area contributed by atoms with Crippen molar-refractivity contribution in [2.75, 3.05) is 18.0 Å². The van der Waals surface area contributed by atoms with Gasteiger partial charge in [0.15, 0.2) is 0 Å². The lowest BCUT2D eigenvalue weighted by atomic mass is 10.1. The molecule has 0 aliphatic carbocycles. The summed E-state index contributed by atoms with van der Waals surface area (Å²) in [6.07, 6.45) is 0. The van der Waals surface area contributed by atoms with Crippen molar-refractivity contribution >= 4 is 11.6 Å². The van der Waals surface area contributed by atoms with Crippen LogP contribution in [0.25, 0.3) is 0 Å². The molecule has 0 aliphatic heterocycles. The number of carbonyl (C=O) groups excluding carboxylic acids is 1. The zero-order valence-corrected chi connectivity index (χ0v) is 12.0. The van der Waals surface area contributed by atoms with Crippen molar-refractivity contribution in [3.8, 4) is 0 Å². The van der Waals surface area contributed by atoms with Gasteiger partial charge in [0.2, 0.25) is 5.91 Å². The average Bonchev–Trinajstić information content (AvgIpc) is 2.33. The average molecular weight is 285 g/mol.